The maximum Gasteiger partial charge on any atom is 0.431 e. The lowest BCUT2D eigenvalue weighted by Crippen LogP contribution is -2.40. The van der Waals surface area contributed by atoms with Gasteiger partial charge in [-0.25, -0.2) is 14.2 Å². The van der Waals surface area contributed by atoms with Gasteiger partial charge in [-0.1, -0.05) is 11.6 Å². The molecule has 8 nitrogen and oxygen atoms in total. The van der Waals surface area contributed by atoms with Crippen LogP contribution in [0.5, 0.6) is 5.75 Å². The number of aromatic nitrogens is 2. The van der Waals surface area contributed by atoms with Gasteiger partial charge in [0.05, 0.1) is 31.0 Å². The first-order chi connectivity index (χ1) is 14.0. The van der Waals surface area contributed by atoms with E-state index in [0.717, 1.165) is 13.1 Å². The van der Waals surface area contributed by atoms with Crippen molar-refractivity contribution in [2.45, 2.75) is 6.18 Å². The number of rotatable bonds is 6. The van der Waals surface area contributed by atoms with Gasteiger partial charge in [0.2, 0.25) is 0 Å². The summed E-state index contributed by atoms with van der Waals surface area (Å²) in [5.41, 5.74) is -3.82. The van der Waals surface area contributed by atoms with Crippen molar-refractivity contribution in [3.63, 3.8) is 0 Å². The number of hydrogen-bond donors (Lipinski definition) is 0. The highest BCUT2D eigenvalue weighted by Crippen LogP contribution is 2.28. The van der Waals surface area contributed by atoms with E-state index < -0.39 is 29.1 Å². The largest absolute Gasteiger partial charge is 0.497 e. The van der Waals surface area contributed by atoms with Crippen molar-refractivity contribution in [1.29, 1.82) is 0 Å². The first kappa shape index (κ1) is 23.1. The number of carbonyl (C=O) groups is 1. The SMILES string of the molecule is COC(=O)/C=C(\COc1cc(-n2c(=O)cc(C(F)(F)F)n(C)c2=O)ccc1Cl)OC. The number of halogens is 4. The molecule has 0 saturated heterocycles. The Morgan fingerprint density at radius 1 is 1.17 bits per heavy atom. The number of alkyl halides is 3. The molecule has 0 fully saturated rings. The van der Waals surface area contributed by atoms with Crippen LogP contribution in [0.4, 0.5) is 13.2 Å². The minimum Gasteiger partial charge on any atom is -0.497 e. The third kappa shape index (κ3) is 5.03. The van der Waals surface area contributed by atoms with Crippen molar-refractivity contribution in [1.82, 2.24) is 9.13 Å². The van der Waals surface area contributed by atoms with E-state index in [0.29, 0.717) is 15.2 Å². The molecule has 162 valence electrons. The Labute approximate surface area is 172 Å². The van der Waals surface area contributed by atoms with Crippen molar-refractivity contribution >= 4 is 17.6 Å². The highest BCUT2D eigenvalue weighted by Gasteiger charge is 2.35. The second-order valence-corrected chi connectivity index (χ2v) is 6.19. The Morgan fingerprint density at radius 2 is 1.83 bits per heavy atom. The molecule has 0 aliphatic rings. The van der Waals surface area contributed by atoms with E-state index in [-0.39, 0.29) is 28.8 Å². The van der Waals surface area contributed by atoms with Crippen molar-refractivity contribution in [3.05, 3.63) is 67.7 Å². The molecule has 0 N–H and O–H groups in total. The molecule has 0 saturated carbocycles. The van der Waals surface area contributed by atoms with Gasteiger partial charge in [-0.3, -0.25) is 9.36 Å². The number of carbonyl (C=O) groups excluding carboxylic acids is 1. The summed E-state index contributed by atoms with van der Waals surface area (Å²) in [5.74, 6) is -0.600. The van der Waals surface area contributed by atoms with E-state index in [9.17, 15) is 27.6 Å². The van der Waals surface area contributed by atoms with Crippen molar-refractivity contribution in [2.75, 3.05) is 20.8 Å². The lowest BCUT2D eigenvalue weighted by atomic mass is 10.3. The van der Waals surface area contributed by atoms with Gasteiger partial charge >= 0.3 is 17.8 Å². The van der Waals surface area contributed by atoms with Gasteiger partial charge in [0.25, 0.3) is 5.56 Å². The monoisotopic (exact) mass is 448 g/mol. The summed E-state index contributed by atoms with van der Waals surface area (Å²) in [6.07, 6.45) is -3.84. The smallest absolute Gasteiger partial charge is 0.431 e. The van der Waals surface area contributed by atoms with Crippen LogP contribution in [0.1, 0.15) is 5.69 Å². The second kappa shape index (κ2) is 9.08. The van der Waals surface area contributed by atoms with Gasteiger partial charge in [-0.2, -0.15) is 13.2 Å². The van der Waals surface area contributed by atoms with Crippen molar-refractivity contribution in [3.8, 4) is 11.4 Å². The summed E-state index contributed by atoms with van der Waals surface area (Å²) in [7, 11) is 3.37. The Bertz CT molecular complexity index is 1100. The van der Waals surface area contributed by atoms with Crippen LogP contribution in [0, 0.1) is 0 Å². The van der Waals surface area contributed by atoms with Gasteiger partial charge in [0.1, 0.15) is 23.8 Å². The third-order valence-corrected chi connectivity index (χ3v) is 4.21. The average Bonchev–Trinajstić information content (AvgIpc) is 2.68. The topological polar surface area (TPSA) is 88.8 Å². The summed E-state index contributed by atoms with van der Waals surface area (Å²) in [5, 5.41) is 0.0871. The van der Waals surface area contributed by atoms with Gasteiger partial charge in [0.15, 0.2) is 0 Å². The predicted molar refractivity (Wildman–Crippen MR) is 99.9 cm³/mol. The van der Waals surface area contributed by atoms with E-state index in [2.05, 4.69) is 4.74 Å². The maximum atomic E-state index is 13.0. The zero-order chi connectivity index (χ0) is 22.6. The fourth-order valence-electron chi connectivity index (χ4n) is 2.38. The van der Waals surface area contributed by atoms with Crippen LogP contribution in [0.15, 0.2) is 45.7 Å². The lowest BCUT2D eigenvalue weighted by Gasteiger charge is -2.15. The number of esters is 1. The first-order valence-electron chi connectivity index (χ1n) is 8.15. The normalized spacial score (nSPS) is 11.9. The average molecular weight is 449 g/mol. The molecule has 0 aliphatic heterocycles. The molecule has 0 spiro atoms. The van der Waals surface area contributed by atoms with Crippen LogP contribution in [0.3, 0.4) is 0 Å². The van der Waals surface area contributed by atoms with E-state index in [1.807, 2.05) is 0 Å². The molecule has 0 unspecified atom stereocenters. The van der Waals surface area contributed by atoms with Crippen LogP contribution in [0.25, 0.3) is 5.69 Å². The standard InChI is InChI=1S/C18H16ClF3N2O6/c1-23-14(18(20,21)22)8-15(25)24(17(23)27)10-4-5-12(19)13(6-10)30-9-11(28-2)7-16(26)29-3/h4-8H,9H2,1-3H3/b11-7+. The summed E-state index contributed by atoms with van der Waals surface area (Å²) < 4.78 is 54.7. The highest BCUT2D eigenvalue weighted by molar-refractivity contribution is 6.32. The number of hydrogen-bond acceptors (Lipinski definition) is 6. The zero-order valence-electron chi connectivity index (χ0n) is 15.9. The Morgan fingerprint density at radius 3 is 2.40 bits per heavy atom. The molecule has 30 heavy (non-hydrogen) atoms. The summed E-state index contributed by atoms with van der Waals surface area (Å²) in [6.45, 7) is -0.255. The van der Waals surface area contributed by atoms with E-state index in [1.165, 1.54) is 32.4 Å². The van der Waals surface area contributed by atoms with Crippen LogP contribution in [0.2, 0.25) is 5.02 Å². The summed E-state index contributed by atoms with van der Waals surface area (Å²) in [6, 6.07) is 4.08. The van der Waals surface area contributed by atoms with E-state index in [4.69, 9.17) is 21.1 Å². The van der Waals surface area contributed by atoms with Crippen molar-refractivity contribution < 1.29 is 32.2 Å². The van der Waals surface area contributed by atoms with Crippen molar-refractivity contribution in [2.24, 2.45) is 7.05 Å². The molecule has 1 aromatic heterocycles. The molecule has 1 heterocycles. The number of methoxy groups -OCH3 is 2. The molecule has 12 heteroatoms. The maximum absolute atomic E-state index is 13.0. The number of ether oxygens (including phenoxy) is 3. The molecule has 1 aromatic carbocycles. The number of nitrogens with zero attached hydrogens (tertiary/aromatic N) is 2. The summed E-state index contributed by atoms with van der Waals surface area (Å²) >= 11 is 6.04. The molecule has 0 aliphatic carbocycles. The molecular formula is C18H16ClF3N2O6. The minimum atomic E-state index is -4.87. The minimum absolute atomic E-state index is 0.00386. The van der Waals surface area contributed by atoms with Crippen LogP contribution < -0.4 is 16.0 Å². The quantitative estimate of drug-likeness (QED) is 0.383. The molecular weight excluding hydrogens is 433 g/mol. The van der Waals surface area contributed by atoms with Gasteiger partial charge in [0, 0.05) is 19.2 Å². The molecule has 0 atom stereocenters. The molecule has 2 aromatic rings. The Hall–Kier alpha value is -3.21. The lowest BCUT2D eigenvalue weighted by molar-refractivity contribution is -0.144. The molecule has 2 rings (SSSR count). The highest BCUT2D eigenvalue weighted by atomic mass is 35.5. The third-order valence-electron chi connectivity index (χ3n) is 3.90. The predicted octanol–water partition coefficient (Wildman–Crippen LogP) is 2.29. The van der Waals surface area contributed by atoms with Gasteiger partial charge < -0.3 is 14.2 Å². The van der Waals surface area contributed by atoms with E-state index in [1.54, 1.807) is 0 Å². The zero-order valence-corrected chi connectivity index (χ0v) is 16.7. The van der Waals surface area contributed by atoms with Gasteiger partial charge in [-0.05, 0) is 12.1 Å². The molecule has 0 radical (unpaired) electrons. The van der Waals surface area contributed by atoms with Gasteiger partial charge in [-0.15, -0.1) is 0 Å². The van der Waals surface area contributed by atoms with Crippen LogP contribution in [-0.4, -0.2) is 35.9 Å². The first-order valence-corrected chi connectivity index (χ1v) is 8.53. The molecule has 0 amide bonds. The fraction of sp³-hybridized carbons (Fsp3) is 0.278. The fourth-order valence-corrected chi connectivity index (χ4v) is 2.55. The Balaban J connectivity index is 2.46. The Kier molecular flexibility index (Phi) is 6.98. The van der Waals surface area contributed by atoms with E-state index >= 15 is 0 Å². The summed E-state index contributed by atoms with van der Waals surface area (Å²) in [4.78, 5) is 35.9. The number of benzene rings is 1. The molecule has 0 bridgehead atoms. The van der Waals surface area contributed by atoms with Crippen LogP contribution in [-0.2, 0) is 27.5 Å². The second-order valence-electron chi connectivity index (χ2n) is 5.78. The van der Waals surface area contributed by atoms with Crippen LogP contribution >= 0.6 is 11.6 Å².